The summed E-state index contributed by atoms with van der Waals surface area (Å²) in [5.41, 5.74) is 1.96. The van der Waals surface area contributed by atoms with Gasteiger partial charge in [-0.05, 0) is 57.4 Å². The van der Waals surface area contributed by atoms with E-state index in [1.807, 2.05) is 57.1 Å². The van der Waals surface area contributed by atoms with Crippen molar-refractivity contribution in [3.63, 3.8) is 0 Å². The number of hydrogen-bond donors (Lipinski definition) is 1. The van der Waals surface area contributed by atoms with Crippen LogP contribution in [0.3, 0.4) is 0 Å². The minimum Gasteiger partial charge on any atom is -0.508 e. The molecule has 29 heavy (non-hydrogen) atoms. The van der Waals surface area contributed by atoms with Crippen molar-refractivity contribution in [1.82, 2.24) is 4.90 Å². The van der Waals surface area contributed by atoms with Gasteiger partial charge in [0.1, 0.15) is 22.8 Å². The first-order valence-corrected chi connectivity index (χ1v) is 10.7. The van der Waals surface area contributed by atoms with E-state index in [2.05, 4.69) is 0 Å². The number of furan rings is 1. The van der Waals surface area contributed by atoms with Crippen LogP contribution in [0.25, 0.3) is 11.0 Å². The number of benzene rings is 2. The van der Waals surface area contributed by atoms with Gasteiger partial charge in [0.2, 0.25) is 0 Å². The summed E-state index contributed by atoms with van der Waals surface area (Å²) in [6.45, 7) is 4.96. The molecule has 5 nitrogen and oxygen atoms in total. The number of rotatable bonds is 9. The van der Waals surface area contributed by atoms with Gasteiger partial charge in [-0.1, -0.05) is 6.92 Å². The Labute approximate surface area is 175 Å². The quantitative estimate of drug-likeness (QED) is 0.370. The summed E-state index contributed by atoms with van der Waals surface area (Å²) in [6.07, 6.45) is 0.381. The Hall–Kier alpha value is -2.44. The standard InChI is InChI=1S/C23H27NO4S/c1-5-18(25)23-21(14-29-16-9-7-15(8-10-16)27-6-2)28-20-12-11-19(26)17(22(20)23)13-24(3)4/h7-12,26H,5-6,13-14H2,1-4H3. The molecule has 0 spiro atoms. The molecule has 2 aromatic carbocycles. The van der Waals surface area contributed by atoms with Crippen molar-refractivity contribution in [2.45, 2.75) is 37.5 Å². The van der Waals surface area contributed by atoms with Crippen LogP contribution in [0.15, 0.2) is 45.7 Å². The maximum atomic E-state index is 12.8. The van der Waals surface area contributed by atoms with E-state index in [0.717, 1.165) is 21.6 Å². The van der Waals surface area contributed by atoms with Gasteiger partial charge in [0.15, 0.2) is 5.78 Å². The molecule has 154 valence electrons. The zero-order chi connectivity index (χ0) is 21.0. The lowest BCUT2D eigenvalue weighted by atomic mass is 9.99. The van der Waals surface area contributed by atoms with Crippen molar-refractivity contribution < 1.29 is 19.1 Å². The molecular weight excluding hydrogens is 386 g/mol. The number of thioether (sulfide) groups is 1. The Morgan fingerprint density at radius 3 is 2.48 bits per heavy atom. The second-order valence-electron chi connectivity index (χ2n) is 7.04. The normalized spacial score (nSPS) is 11.3. The summed E-state index contributed by atoms with van der Waals surface area (Å²) in [7, 11) is 3.87. The van der Waals surface area contributed by atoms with Crippen molar-refractivity contribution in [2.24, 2.45) is 0 Å². The third-order valence-electron chi connectivity index (χ3n) is 4.59. The third kappa shape index (κ3) is 4.77. The lowest BCUT2D eigenvalue weighted by molar-refractivity contribution is 0.0988. The summed E-state index contributed by atoms with van der Waals surface area (Å²) < 4.78 is 11.6. The Bertz CT molecular complexity index is 992. The molecule has 0 aliphatic heterocycles. The number of Topliss-reactive ketones (excluding diaryl/α,β-unsaturated/α-hetero) is 1. The number of carbonyl (C=O) groups excluding carboxylic acids is 1. The zero-order valence-corrected chi connectivity index (χ0v) is 18.1. The van der Waals surface area contributed by atoms with Crippen LogP contribution in [0.2, 0.25) is 0 Å². The number of fused-ring (bicyclic) bond motifs is 1. The fraction of sp³-hybridized carbons (Fsp3) is 0.348. The van der Waals surface area contributed by atoms with Crippen LogP contribution in [-0.2, 0) is 12.3 Å². The van der Waals surface area contributed by atoms with Gasteiger partial charge in [0, 0.05) is 28.8 Å². The molecule has 0 saturated carbocycles. The number of nitrogens with zero attached hydrogens (tertiary/aromatic N) is 1. The number of carbonyl (C=O) groups is 1. The topological polar surface area (TPSA) is 62.9 Å². The summed E-state index contributed by atoms with van der Waals surface area (Å²) in [5.74, 6) is 2.23. The molecule has 1 heterocycles. The second kappa shape index (κ2) is 9.37. The number of phenols is 1. The van der Waals surface area contributed by atoms with Crippen molar-refractivity contribution >= 4 is 28.5 Å². The molecule has 0 atom stereocenters. The van der Waals surface area contributed by atoms with E-state index in [0.29, 0.717) is 42.2 Å². The van der Waals surface area contributed by atoms with Crippen LogP contribution in [0.1, 0.15) is 41.9 Å². The van der Waals surface area contributed by atoms with E-state index in [-0.39, 0.29) is 11.5 Å². The smallest absolute Gasteiger partial charge is 0.166 e. The van der Waals surface area contributed by atoms with E-state index >= 15 is 0 Å². The molecule has 0 fully saturated rings. The van der Waals surface area contributed by atoms with Crippen LogP contribution in [0.4, 0.5) is 0 Å². The number of ether oxygens (including phenoxy) is 1. The summed E-state index contributed by atoms with van der Waals surface area (Å²) >= 11 is 1.61. The van der Waals surface area contributed by atoms with E-state index in [1.165, 1.54) is 0 Å². The zero-order valence-electron chi connectivity index (χ0n) is 17.3. The Morgan fingerprint density at radius 1 is 1.14 bits per heavy atom. The summed E-state index contributed by atoms with van der Waals surface area (Å²) in [6, 6.07) is 11.3. The Balaban J connectivity index is 1.97. The molecule has 0 amide bonds. The van der Waals surface area contributed by atoms with Gasteiger partial charge in [-0.15, -0.1) is 11.8 Å². The highest BCUT2D eigenvalue weighted by molar-refractivity contribution is 7.98. The molecule has 1 aromatic heterocycles. The van der Waals surface area contributed by atoms with Crippen molar-refractivity contribution in [2.75, 3.05) is 20.7 Å². The lowest BCUT2D eigenvalue weighted by Gasteiger charge is -2.13. The first-order valence-electron chi connectivity index (χ1n) is 9.74. The molecule has 0 unspecified atom stereocenters. The maximum Gasteiger partial charge on any atom is 0.166 e. The van der Waals surface area contributed by atoms with Crippen LogP contribution in [0.5, 0.6) is 11.5 Å². The molecule has 1 N–H and O–H groups in total. The lowest BCUT2D eigenvalue weighted by Crippen LogP contribution is -2.12. The van der Waals surface area contributed by atoms with Crippen molar-refractivity contribution in [3.8, 4) is 11.5 Å². The maximum absolute atomic E-state index is 12.8. The van der Waals surface area contributed by atoms with Gasteiger partial charge in [-0.2, -0.15) is 0 Å². The van der Waals surface area contributed by atoms with Crippen LogP contribution < -0.4 is 4.74 Å². The van der Waals surface area contributed by atoms with E-state index in [9.17, 15) is 9.90 Å². The second-order valence-corrected chi connectivity index (χ2v) is 8.09. The van der Waals surface area contributed by atoms with Crippen LogP contribution in [0, 0.1) is 0 Å². The van der Waals surface area contributed by atoms with E-state index < -0.39 is 0 Å². The van der Waals surface area contributed by atoms with Gasteiger partial charge in [0.25, 0.3) is 0 Å². The van der Waals surface area contributed by atoms with E-state index in [4.69, 9.17) is 9.15 Å². The minimum absolute atomic E-state index is 0.0247. The van der Waals surface area contributed by atoms with Gasteiger partial charge in [0.05, 0.1) is 17.9 Å². The monoisotopic (exact) mass is 413 g/mol. The number of phenolic OH excluding ortho intramolecular Hbond substituents is 1. The van der Waals surface area contributed by atoms with E-state index in [1.54, 1.807) is 23.9 Å². The van der Waals surface area contributed by atoms with Crippen LogP contribution in [-0.4, -0.2) is 36.5 Å². The first kappa shape index (κ1) is 21.3. The Morgan fingerprint density at radius 2 is 1.86 bits per heavy atom. The molecule has 6 heteroatoms. The summed E-state index contributed by atoms with van der Waals surface area (Å²) in [5, 5.41) is 11.2. The molecule has 0 aliphatic carbocycles. The highest BCUT2D eigenvalue weighted by Gasteiger charge is 2.24. The molecule has 3 rings (SSSR count). The largest absolute Gasteiger partial charge is 0.508 e. The first-order chi connectivity index (χ1) is 13.9. The molecule has 0 bridgehead atoms. The van der Waals surface area contributed by atoms with Gasteiger partial charge in [-0.25, -0.2) is 0 Å². The average Bonchev–Trinajstić information content (AvgIpc) is 3.08. The summed E-state index contributed by atoms with van der Waals surface area (Å²) in [4.78, 5) is 15.8. The molecule has 0 radical (unpaired) electrons. The highest BCUT2D eigenvalue weighted by atomic mass is 32.2. The van der Waals surface area contributed by atoms with Crippen LogP contribution >= 0.6 is 11.8 Å². The third-order valence-corrected chi connectivity index (χ3v) is 5.60. The highest BCUT2D eigenvalue weighted by Crippen LogP contribution is 2.37. The predicted octanol–water partition coefficient (Wildman–Crippen LogP) is 5.48. The molecule has 0 aliphatic rings. The molecule has 3 aromatic rings. The van der Waals surface area contributed by atoms with Gasteiger partial charge in [-0.3, -0.25) is 4.79 Å². The number of ketones is 1. The minimum atomic E-state index is 0.0247. The van der Waals surface area contributed by atoms with Crippen molar-refractivity contribution in [3.05, 3.63) is 53.3 Å². The number of aromatic hydroxyl groups is 1. The molecular formula is C23H27NO4S. The molecule has 0 saturated heterocycles. The van der Waals surface area contributed by atoms with Gasteiger partial charge >= 0.3 is 0 Å². The van der Waals surface area contributed by atoms with Crippen molar-refractivity contribution in [1.29, 1.82) is 0 Å². The van der Waals surface area contributed by atoms with Gasteiger partial charge < -0.3 is 19.2 Å². The SMILES string of the molecule is CCOc1ccc(SCc2oc3ccc(O)c(CN(C)C)c3c2C(=O)CC)cc1. The fourth-order valence-electron chi connectivity index (χ4n) is 3.29. The Kier molecular flexibility index (Phi) is 6.87. The predicted molar refractivity (Wildman–Crippen MR) is 117 cm³/mol. The number of hydrogen-bond acceptors (Lipinski definition) is 6. The average molecular weight is 414 g/mol. The fourth-order valence-corrected chi connectivity index (χ4v) is 4.12.